The molecule has 338 valence electrons. The van der Waals surface area contributed by atoms with Crippen molar-refractivity contribution in [3.8, 4) is 0 Å². The Labute approximate surface area is 358 Å². The lowest BCUT2D eigenvalue weighted by Gasteiger charge is -2.29. The van der Waals surface area contributed by atoms with Gasteiger partial charge in [-0.1, -0.05) is 25.5 Å². The molecule has 1 fully saturated rings. The van der Waals surface area contributed by atoms with E-state index in [9.17, 15) is 72.7 Å². The maximum absolute atomic E-state index is 14.5. The molecule has 1 aliphatic heterocycles. The minimum absolute atomic E-state index is 0.0575. The average Bonchev–Trinajstić information content (AvgIpc) is 3.72. The van der Waals surface area contributed by atoms with Crippen LogP contribution in [0.1, 0.15) is 105 Å². The maximum Gasteiger partial charge on any atom is 0.488 e. The number of hydrogen-bond acceptors (Lipinski definition) is 12. The summed E-state index contributed by atoms with van der Waals surface area (Å²) in [5.41, 5.74) is -0.987. The molecular formula is C40H55B2F2N5O13. The molecule has 18 nitrogen and oxygen atoms in total. The second-order valence-electron chi connectivity index (χ2n) is 15.2. The van der Waals surface area contributed by atoms with Crippen molar-refractivity contribution in [2.75, 3.05) is 19.6 Å². The molecule has 0 aliphatic carbocycles. The van der Waals surface area contributed by atoms with Crippen LogP contribution in [-0.4, -0.2) is 135 Å². The summed E-state index contributed by atoms with van der Waals surface area (Å²) in [6.45, 7) is 3.59. The van der Waals surface area contributed by atoms with Gasteiger partial charge in [0.2, 0.25) is 23.6 Å². The van der Waals surface area contributed by atoms with Crippen molar-refractivity contribution in [1.29, 1.82) is 0 Å². The Morgan fingerprint density at radius 3 is 1.94 bits per heavy atom. The Hall–Kier alpha value is -5.28. The number of carboxylic acids is 1. The average molecular weight is 874 g/mol. The predicted octanol–water partition coefficient (Wildman–Crippen LogP) is -1.37. The van der Waals surface area contributed by atoms with Gasteiger partial charge in [0.1, 0.15) is 23.7 Å². The number of Topliss-reactive ketones (excluding diaryl/α,β-unsaturated/α-hetero) is 1. The summed E-state index contributed by atoms with van der Waals surface area (Å²) in [7, 11) is -3.87. The fourth-order valence-corrected chi connectivity index (χ4v) is 6.99. The van der Waals surface area contributed by atoms with E-state index in [2.05, 4.69) is 21.3 Å². The predicted molar refractivity (Wildman–Crippen MR) is 221 cm³/mol. The largest absolute Gasteiger partial charge is 0.488 e. The molecule has 1 heterocycles. The lowest BCUT2D eigenvalue weighted by Crippen LogP contribution is -2.54. The summed E-state index contributed by atoms with van der Waals surface area (Å²) >= 11 is 0. The molecule has 1 saturated heterocycles. The van der Waals surface area contributed by atoms with E-state index in [0.29, 0.717) is 51.5 Å². The normalized spacial score (nSPS) is 15.4. The highest BCUT2D eigenvalue weighted by Gasteiger charge is 2.38. The number of nitrogens with zero attached hydrogens (tertiary/aromatic N) is 1. The number of aliphatic hydroxyl groups is 1. The van der Waals surface area contributed by atoms with Crippen LogP contribution in [0.4, 0.5) is 8.78 Å². The van der Waals surface area contributed by atoms with E-state index in [1.54, 1.807) is 0 Å². The molecule has 0 radical (unpaired) electrons. The van der Waals surface area contributed by atoms with E-state index in [-0.39, 0.29) is 53.9 Å². The molecule has 0 saturated carbocycles. The number of ketones is 1. The number of benzene rings is 2. The van der Waals surface area contributed by atoms with Crippen LogP contribution < -0.4 is 32.2 Å². The first kappa shape index (κ1) is 51.1. The first-order chi connectivity index (χ1) is 29.4. The van der Waals surface area contributed by atoms with E-state index < -0.39 is 104 Å². The highest BCUT2D eigenvalue weighted by molar-refractivity contribution is 6.59. The van der Waals surface area contributed by atoms with Gasteiger partial charge in [-0.2, -0.15) is 0 Å². The van der Waals surface area contributed by atoms with Gasteiger partial charge in [0.15, 0.2) is 11.8 Å². The third kappa shape index (κ3) is 15.3. The highest BCUT2D eigenvalue weighted by atomic mass is 19.1. The zero-order valence-corrected chi connectivity index (χ0v) is 34.6. The topological polar surface area (TPSA) is 292 Å². The molecule has 0 unspecified atom stereocenters. The summed E-state index contributed by atoms with van der Waals surface area (Å²) in [4.78, 5) is 90.9. The standard InChI is InChI=1S/C40H55B2F2N5O13/c1-3-24(39(56)49-20-8-11-32(49)38(55)48-35(23(2)50)40(57)58)9-4-6-19-46-37(54)31(10-5-7-18-45-36(53)28-15-13-26(42(61)62)22-30(28)44)47-34(52)17-16-33(51)27-14-12-25(41(59)60)21-29(27)43/h12-15,21-24,31-32,35,50,59-62H,3-11,16-20H2,1-2H3,(H,45,53)(H,46,54)(H,47,52)(H,48,55)(H,57,58)/t23-,24+,31+,32+,35+/m1/s1. The number of aliphatic hydroxyl groups excluding tert-OH is 1. The van der Waals surface area contributed by atoms with E-state index in [1.165, 1.54) is 17.9 Å². The van der Waals surface area contributed by atoms with Crippen molar-refractivity contribution in [2.45, 2.75) is 109 Å². The second-order valence-corrected chi connectivity index (χ2v) is 15.2. The van der Waals surface area contributed by atoms with Crippen LogP contribution in [0.25, 0.3) is 0 Å². The van der Waals surface area contributed by atoms with Crippen LogP contribution in [0.15, 0.2) is 36.4 Å². The van der Waals surface area contributed by atoms with Crippen LogP contribution >= 0.6 is 0 Å². The van der Waals surface area contributed by atoms with Crippen LogP contribution in [0.2, 0.25) is 0 Å². The van der Waals surface area contributed by atoms with Crippen LogP contribution in [0.5, 0.6) is 0 Å². The number of halogens is 2. The molecule has 62 heavy (non-hydrogen) atoms. The van der Waals surface area contributed by atoms with Crippen molar-refractivity contribution in [3.05, 3.63) is 59.2 Å². The van der Waals surface area contributed by atoms with Crippen LogP contribution in [-0.2, 0) is 24.0 Å². The molecule has 5 atom stereocenters. The minimum atomic E-state index is -1.95. The number of rotatable bonds is 25. The number of carboxylic acid groups (broad SMARTS) is 1. The molecule has 2 aromatic carbocycles. The van der Waals surface area contributed by atoms with E-state index in [4.69, 9.17) is 0 Å². The summed E-state index contributed by atoms with van der Waals surface area (Å²) in [5, 5.41) is 66.3. The number of amides is 5. The van der Waals surface area contributed by atoms with Gasteiger partial charge in [-0.15, -0.1) is 0 Å². The van der Waals surface area contributed by atoms with Crippen LogP contribution in [0, 0.1) is 17.6 Å². The third-order valence-corrected chi connectivity index (χ3v) is 10.6. The number of carbonyl (C=O) groups excluding carboxylic acids is 6. The lowest BCUT2D eigenvalue weighted by molar-refractivity contribution is -0.147. The number of aliphatic carboxylic acids is 1. The number of unbranched alkanes of at least 4 members (excludes halogenated alkanes) is 2. The van der Waals surface area contributed by atoms with E-state index >= 15 is 0 Å². The molecule has 0 spiro atoms. The minimum Gasteiger partial charge on any atom is -0.480 e. The van der Waals surface area contributed by atoms with Gasteiger partial charge >= 0.3 is 20.2 Å². The van der Waals surface area contributed by atoms with Gasteiger partial charge in [-0.05, 0) is 93.5 Å². The van der Waals surface area contributed by atoms with Crippen LogP contribution in [0.3, 0.4) is 0 Å². The Morgan fingerprint density at radius 1 is 0.806 bits per heavy atom. The highest BCUT2D eigenvalue weighted by Crippen LogP contribution is 2.24. The van der Waals surface area contributed by atoms with Crippen molar-refractivity contribution in [1.82, 2.24) is 26.2 Å². The van der Waals surface area contributed by atoms with Gasteiger partial charge in [-0.3, -0.25) is 28.8 Å². The SMILES string of the molecule is CC[C@@H](CCCCNC(=O)[C@H](CCCCNC(=O)c1ccc(B(O)O)cc1F)NC(=O)CCC(=O)c1ccc(B(O)O)cc1F)C(=O)N1CCC[C@H]1C(=O)N[C@H](C(=O)O)[C@@H](C)O. The summed E-state index contributed by atoms with van der Waals surface area (Å²) in [6.07, 6.45) is 1.16. The lowest BCUT2D eigenvalue weighted by atomic mass is 9.79. The molecule has 3 rings (SSSR count). The summed E-state index contributed by atoms with van der Waals surface area (Å²) < 4.78 is 28.8. The Bertz CT molecular complexity index is 1910. The Balaban J connectivity index is 1.56. The molecule has 5 amide bonds. The Morgan fingerprint density at radius 2 is 1.39 bits per heavy atom. The molecule has 2 aromatic rings. The van der Waals surface area contributed by atoms with Crippen molar-refractivity contribution >= 4 is 66.5 Å². The molecule has 22 heteroatoms. The number of hydrogen-bond donors (Lipinski definition) is 10. The zero-order valence-electron chi connectivity index (χ0n) is 34.6. The fraction of sp³-hybridized carbons (Fsp3) is 0.525. The first-order valence-electron chi connectivity index (χ1n) is 20.6. The van der Waals surface area contributed by atoms with E-state index in [0.717, 1.165) is 30.3 Å². The number of likely N-dealkylation sites (tertiary alicyclic amines) is 1. The second kappa shape index (κ2) is 25.0. The molecule has 10 N–H and O–H groups in total. The smallest absolute Gasteiger partial charge is 0.480 e. The van der Waals surface area contributed by atoms with Crippen molar-refractivity contribution in [2.24, 2.45) is 5.92 Å². The zero-order chi connectivity index (χ0) is 46.1. The van der Waals surface area contributed by atoms with Crippen molar-refractivity contribution in [3.63, 3.8) is 0 Å². The number of carbonyl (C=O) groups is 7. The maximum atomic E-state index is 14.5. The molecule has 1 aliphatic rings. The Kier molecular flexibility index (Phi) is 20.6. The van der Waals surface area contributed by atoms with Crippen molar-refractivity contribution < 1.29 is 72.7 Å². The molecular weight excluding hydrogens is 818 g/mol. The van der Waals surface area contributed by atoms with Gasteiger partial charge in [0.05, 0.1) is 17.2 Å². The van der Waals surface area contributed by atoms with E-state index in [1.807, 2.05) is 6.92 Å². The molecule has 0 aromatic heterocycles. The van der Waals surface area contributed by atoms with Gasteiger partial charge in [-0.25, -0.2) is 13.6 Å². The summed E-state index contributed by atoms with van der Waals surface area (Å²) in [5.74, 6) is -7.49. The van der Waals surface area contributed by atoms with Gasteiger partial charge < -0.3 is 56.5 Å². The number of nitrogens with one attached hydrogen (secondary N) is 4. The monoisotopic (exact) mass is 873 g/mol. The fourth-order valence-electron chi connectivity index (χ4n) is 6.99. The first-order valence-corrected chi connectivity index (χ1v) is 20.6. The quantitative estimate of drug-likeness (QED) is 0.0314. The summed E-state index contributed by atoms with van der Waals surface area (Å²) in [6, 6.07) is 2.63. The molecule has 0 bridgehead atoms. The van der Waals surface area contributed by atoms with Gasteiger partial charge in [0, 0.05) is 38.4 Å². The third-order valence-electron chi connectivity index (χ3n) is 10.6. The van der Waals surface area contributed by atoms with Gasteiger partial charge in [0.25, 0.3) is 5.91 Å².